The van der Waals surface area contributed by atoms with Gasteiger partial charge in [0.1, 0.15) is 11.3 Å². The van der Waals surface area contributed by atoms with E-state index in [0.717, 1.165) is 22.0 Å². The molecule has 3 rings (SSSR count). The normalized spacial score (nSPS) is 13.0. The third kappa shape index (κ3) is 5.80. The van der Waals surface area contributed by atoms with Gasteiger partial charge < -0.3 is 14.6 Å². The highest BCUT2D eigenvalue weighted by Crippen LogP contribution is 2.28. The van der Waals surface area contributed by atoms with Crippen molar-refractivity contribution in [1.29, 1.82) is 0 Å². The van der Waals surface area contributed by atoms with Crippen molar-refractivity contribution in [3.63, 3.8) is 0 Å². The predicted molar refractivity (Wildman–Crippen MR) is 133 cm³/mol. The number of aryl methyl sites for hydroxylation is 2. The van der Waals surface area contributed by atoms with E-state index in [9.17, 15) is 18.0 Å². The first-order valence-electron chi connectivity index (χ1n) is 10.8. The third-order valence-electron chi connectivity index (χ3n) is 5.30. The number of benzene rings is 2. The van der Waals surface area contributed by atoms with Crippen molar-refractivity contribution in [2.24, 2.45) is 7.05 Å². The summed E-state index contributed by atoms with van der Waals surface area (Å²) in [6.07, 6.45) is 0. The van der Waals surface area contributed by atoms with Crippen molar-refractivity contribution >= 4 is 44.2 Å². The minimum Gasteiger partial charge on any atom is -0.459 e. The Morgan fingerprint density at radius 2 is 1.74 bits per heavy atom. The van der Waals surface area contributed by atoms with Crippen molar-refractivity contribution in [2.45, 2.75) is 51.2 Å². The van der Waals surface area contributed by atoms with Gasteiger partial charge in [-0.3, -0.25) is 9.59 Å². The molecule has 34 heavy (non-hydrogen) atoms. The second-order valence-corrected chi connectivity index (χ2v) is 11.8. The van der Waals surface area contributed by atoms with Gasteiger partial charge in [-0.1, -0.05) is 23.7 Å². The van der Waals surface area contributed by atoms with Crippen LogP contribution in [-0.4, -0.2) is 36.2 Å². The molecule has 0 spiro atoms. The SMILES string of the molecule is Cc1cc(Cl)c2cc(C(=O)NC(C)c3ccc(S(=O)(=O)CC(=O)OC(C)(C)C)cc3)n(C)c2c1. The van der Waals surface area contributed by atoms with E-state index in [1.165, 1.54) is 12.1 Å². The molecule has 0 aliphatic heterocycles. The molecule has 1 atom stereocenters. The number of sulfone groups is 1. The maximum absolute atomic E-state index is 13.0. The Labute approximate surface area is 205 Å². The Bertz CT molecular complexity index is 1350. The Morgan fingerprint density at radius 1 is 1.12 bits per heavy atom. The number of ether oxygens (including phenoxy) is 1. The Morgan fingerprint density at radius 3 is 2.32 bits per heavy atom. The zero-order valence-corrected chi connectivity index (χ0v) is 21.7. The van der Waals surface area contributed by atoms with Gasteiger partial charge in [0.2, 0.25) is 0 Å². The van der Waals surface area contributed by atoms with Gasteiger partial charge in [-0.15, -0.1) is 0 Å². The van der Waals surface area contributed by atoms with E-state index in [0.29, 0.717) is 10.7 Å². The van der Waals surface area contributed by atoms with E-state index < -0.39 is 27.2 Å². The van der Waals surface area contributed by atoms with E-state index in [1.54, 1.807) is 43.5 Å². The third-order valence-corrected chi connectivity index (χ3v) is 7.22. The molecule has 3 aromatic rings. The maximum atomic E-state index is 13.0. The van der Waals surface area contributed by atoms with Crippen molar-refractivity contribution in [1.82, 2.24) is 9.88 Å². The van der Waals surface area contributed by atoms with Crippen LogP contribution >= 0.6 is 11.6 Å². The van der Waals surface area contributed by atoms with Gasteiger partial charge in [0.15, 0.2) is 15.6 Å². The maximum Gasteiger partial charge on any atom is 0.322 e. The van der Waals surface area contributed by atoms with E-state index in [1.807, 2.05) is 33.0 Å². The van der Waals surface area contributed by atoms with Crippen molar-refractivity contribution in [3.8, 4) is 0 Å². The van der Waals surface area contributed by atoms with Crippen LogP contribution in [-0.2, 0) is 26.4 Å². The van der Waals surface area contributed by atoms with Gasteiger partial charge in [-0.25, -0.2) is 8.42 Å². The molecule has 0 bridgehead atoms. The van der Waals surface area contributed by atoms with Crippen LogP contribution in [0.25, 0.3) is 10.9 Å². The van der Waals surface area contributed by atoms with E-state index in [-0.39, 0.29) is 16.8 Å². The number of halogens is 1. The number of hydrogen-bond acceptors (Lipinski definition) is 5. The number of hydrogen-bond donors (Lipinski definition) is 1. The van der Waals surface area contributed by atoms with Crippen LogP contribution in [0.1, 0.15) is 55.4 Å². The summed E-state index contributed by atoms with van der Waals surface area (Å²) in [6, 6.07) is 11.3. The molecule has 1 heterocycles. The quantitative estimate of drug-likeness (QED) is 0.489. The number of carbonyl (C=O) groups is 2. The molecular weight excluding hydrogens is 476 g/mol. The zero-order chi connectivity index (χ0) is 25.4. The first kappa shape index (κ1) is 25.8. The molecular formula is C25H29ClN2O5S. The average molecular weight is 505 g/mol. The zero-order valence-electron chi connectivity index (χ0n) is 20.1. The van der Waals surface area contributed by atoms with Crippen LogP contribution in [0.3, 0.4) is 0 Å². The summed E-state index contributed by atoms with van der Waals surface area (Å²) >= 11 is 6.35. The van der Waals surface area contributed by atoms with Crippen molar-refractivity contribution < 1.29 is 22.7 Å². The fourth-order valence-electron chi connectivity index (χ4n) is 3.66. The summed E-state index contributed by atoms with van der Waals surface area (Å²) in [6.45, 7) is 8.78. The lowest BCUT2D eigenvalue weighted by Crippen LogP contribution is -2.29. The van der Waals surface area contributed by atoms with Gasteiger partial charge in [0.25, 0.3) is 5.91 Å². The lowest BCUT2D eigenvalue weighted by Gasteiger charge is -2.19. The lowest BCUT2D eigenvalue weighted by atomic mass is 10.1. The van der Waals surface area contributed by atoms with Crippen LogP contribution in [0, 0.1) is 6.92 Å². The molecule has 0 aliphatic carbocycles. The minimum atomic E-state index is -3.85. The van der Waals surface area contributed by atoms with E-state index in [4.69, 9.17) is 16.3 Å². The molecule has 1 aromatic heterocycles. The van der Waals surface area contributed by atoms with E-state index >= 15 is 0 Å². The predicted octanol–water partition coefficient (Wildman–Crippen LogP) is 4.75. The number of rotatable bonds is 6. The van der Waals surface area contributed by atoms with Gasteiger partial charge in [-0.05, 0) is 76.1 Å². The Balaban J connectivity index is 1.74. The van der Waals surface area contributed by atoms with Gasteiger partial charge in [0, 0.05) is 12.4 Å². The van der Waals surface area contributed by atoms with Gasteiger partial charge in [0.05, 0.1) is 21.5 Å². The molecule has 1 unspecified atom stereocenters. The second kappa shape index (κ2) is 9.43. The summed E-state index contributed by atoms with van der Waals surface area (Å²) in [4.78, 5) is 24.9. The lowest BCUT2D eigenvalue weighted by molar-refractivity contribution is -0.151. The first-order valence-corrected chi connectivity index (χ1v) is 12.8. The first-order chi connectivity index (χ1) is 15.7. The minimum absolute atomic E-state index is 0.0133. The molecule has 1 N–H and O–H groups in total. The molecule has 0 fully saturated rings. The fourth-order valence-corrected chi connectivity index (χ4v) is 5.07. The Hall–Kier alpha value is -2.84. The van der Waals surface area contributed by atoms with Crippen LogP contribution in [0.5, 0.6) is 0 Å². The molecule has 182 valence electrons. The molecule has 2 aromatic carbocycles. The van der Waals surface area contributed by atoms with Crippen molar-refractivity contribution in [2.75, 3.05) is 5.75 Å². The number of carbonyl (C=O) groups excluding carboxylic acids is 2. The Kier molecular flexibility index (Phi) is 7.15. The molecule has 1 amide bonds. The summed E-state index contributed by atoms with van der Waals surface area (Å²) < 4.78 is 32.0. The van der Waals surface area contributed by atoms with E-state index in [2.05, 4.69) is 5.32 Å². The monoisotopic (exact) mass is 504 g/mol. The molecule has 0 saturated heterocycles. The van der Waals surface area contributed by atoms with Crippen LogP contribution in [0.4, 0.5) is 0 Å². The fraction of sp³-hybridized carbons (Fsp3) is 0.360. The molecule has 9 heteroatoms. The van der Waals surface area contributed by atoms with Crippen LogP contribution in [0.2, 0.25) is 5.02 Å². The van der Waals surface area contributed by atoms with Gasteiger partial charge >= 0.3 is 5.97 Å². The molecule has 0 saturated carbocycles. The average Bonchev–Trinajstić information content (AvgIpc) is 3.03. The molecule has 7 nitrogen and oxygen atoms in total. The number of esters is 1. The summed E-state index contributed by atoms with van der Waals surface area (Å²) in [5.41, 5.74) is 2.28. The van der Waals surface area contributed by atoms with Gasteiger partial charge in [-0.2, -0.15) is 0 Å². The topological polar surface area (TPSA) is 94.5 Å². The number of nitrogens with zero attached hydrogens (tertiary/aromatic N) is 1. The molecule has 0 radical (unpaired) electrons. The van der Waals surface area contributed by atoms with Crippen molar-refractivity contribution in [3.05, 3.63) is 64.3 Å². The standard InChI is InChI=1S/C25H29ClN2O5S/c1-15-11-20(26)19-13-22(28(6)21(19)12-15)24(30)27-16(2)17-7-9-18(10-8-17)34(31,32)14-23(29)33-25(3,4)5/h7-13,16H,14H2,1-6H3,(H,27,30). The smallest absolute Gasteiger partial charge is 0.322 e. The molecule has 0 aliphatic rings. The highest BCUT2D eigenvalue weighted by atomic mass is 35.5. The number of fused-ring (bicyclic) bond motifs is 1. The summed E-state index contributed by atoms with van der Waals surface area (Å²) in [5.74, 6) is -1.82. The highest BCUT2D eigenvalue weighted by Gasteiger charge is 2.25. The van der Waals surface area contributed by atoms with Crippen LogP contribution in [0.15, 0.2) is 47.4 Å². The number of amides is 1. The second-order valence-electron chi connectivity index (χ2n) is 9.38. The summed E-state index contributed by atoms with van der Waals surface area (Å²) in [5, 5.41) is 4.32. The summed E-state index contributed by atoms with van der Waals surface area (Å²) in [7, 11) is -2.04. The van der Waals surface area contributed by atoms with Crippen LogP contribution < -0.4 is 5.32 Å². The number of aromatic nitrogens is 1. The largest absolute Gasteiger partial charge is 0.459 e. The number of nitrogens with one attached hydrogen (secondary N) is 1. The highest BCUT2D eigenvalue weighted by molar-refractivity contribution is 7.92.